The molecule has 172 valence electrons. The van der Waals surface area contributed by atoms with Crippen LogP contribution in [0.4, 0.5) is 5.13 Å². The van der Waals surface area contributed by atoms with Crippen LogP contribution in [0.5, 0.6) is 0 Å². The molecule has 0 radical (unpaired) electrons. The summed E-state index contributed by atoms with van der Waals surface area (Å²) in [5, 5.41) is 0.593. The van der Waals surface area contributed by atoms with Gasteiger partial charge in [0.2, 0.25) is 5.91 Å². The lowest BCUT2D eigenvalue weighted by atomic mass is 10.1. The number of sulfone groups is 1. The van der Waals surface area contributed by atoms with Crippen LogP contribution >= 0.6 is 11.3 Å². The number of amides is 1. The number of aromatic nitrogens is 1. The van der Waals surface area contributed by atoms with E-state index in [1.54, 1.807) is 29.4 Å². The first-order chi connectivity index (χ1) is 15.8. The van der Waals surface area contributed by atoms with Crippen LogP contribution in [-0.4, -0.2) is 25.1 Å². The van der Waals surface area contributed by atoms with Gasteiger partial charge in [-0.2, -0.15) is 0 Å². The molecule has 0 atom stereocenters. The Labute approximate surface area is 197 Å². The SMILES string of the molecule is Cc1ccc(C)c2sc(N(Cc3ccco3)C(=O)CCCS(=O)(=O)Cc3ccccc3)nc12. The number of aryl methyl sites for hydroxylation is 2. The number of nitrogens with zero attached hydrogens (tertiary/aromatic N) is 2. The van der Waals surface area contributed by atoms with Crippen molar-refractivity contribution in [3.05, 3.63) is 83.3 Å². The van der Waals surface area contributed by atoms with E-state index in [1.165, 1.54) is 11.3 Å². The fraction of sp³-hybridized carbons (Fsp3) is 0.280. The van der Waals surface area contributed by atoms with Crippen molar-refractivity contribution in [3.63, 3.8) is 0 Å². The number of anilines is 1. The van der Waals surface area contributed by atoms with Gasteiger partial charge in [-0.25, -0.2) is 13.4 Å². The summed E-state index contributed by atoms with van der Waals surface area (Å²) in [6.07, 6.45) is 1.94. The largest absolute Gasteiger partial charge is 0.467 e. The van der Waals surface area contributed by atoms with E-state index < -0.39 is 9.84 Å². The highest BCUT2D eigenvalue weighted by atomic mass is 32.2. The Balaban J connectivity index is 1.50. The Morgan fingerprint density at radius 2 is 1.79 bits per heavy atom. The minimum Gasteiger partial charge on any atom is -0.467 e. The van der Waals surface area contributed by atoms with E-state index in [2.05, 4.69) is 6.07 Å². The molecule has 0 N–H and O–H groups in total. The molecule has 0 bridgehead atoms. The maximum Gasteiger partial charge on any atom is 0.229 e. The van der Waals surface area contributed by atoms with Crippen LogP contribution in [-0.2, 0) is 26.9 Å². The number of carbonyl (C=O) groups is 1. The lowest BCUT2D eigenvalue weighted by molar-refractivity contribution is -0.118. The number of rotatable bonds is 9. The highest BCUT2D eigenvalue weighted by Crippen LogP contribution is 2.34. The minimum atomic E-state index is -3.30. The standard InChI is InChI=1S/C25H26N2O4S2/c1-18-12-13-19(2)24-23(18)26-25(32-24)27(16-21-10-6-14-31-21)22(28)11-7-15-33(29,30)17-20-8-4-3-5-9-20/h3-6,8-10,12-14H,7,11,15-17H2,1-2H3. The molecule has 0 fully saturated rings. The Bertz CT molecular complexity index is 1310. The number of hydrogen-bond donors (Lipinski definition) is 0. The van der Waals surface area contributed by atoms with Gasteiger partial charge in [-0.15, -0.1) is 0 Å². The van der Waals surface area contributed by atoms with Crippen molar-refractivity contribution < 1.29 is 17.6 Å². The van der Waals surface area contributed by atoms with E-state index >= 15 is 0 Å². The molecular formula is C25H26N2O4S2. The van der Waals surface area contributed by atoms with Crippen LogP contribution in [0.15, 0.2) is 65.3 Å². The zero-order chi connectivity index (χ0) is 23.4. The van der Waals surface area contributed by atoms with Gasteiger partial charge in [0.1, 0.15) is 5.76 Å². The van der Waals surface area contributed by atoms with Gasteiger partial charge in [-0.1, -0.05) is 53.8 Å². The molecule has 2 heterocycles. The second-order valence-electron chi connectivity index (χ2n) is 8.11. The van der Waals surface area contributed by atoms with Gasteiger partial charge in [0.25, 0.3) is 0 Å². The first kappa shape index (κ1) is 23.2. The third-order valence-electron chi connectivity index (χ3n) is 5.43. The second kappa shape index (κ2) is 9.89. The molecule has 0 saturated heterocycles. The van der Waals surface area contributed by atoms with Gasteiger partial charge in [0.15, 0.2) is 15.0 Å². The second-order valence-corrected chi connectivity index (χ2v) is 11.3. The first-order valence-electron chi connectivity index (χ1n) is 10.8. The molecule has 4 rings (SSSR count). The average molecular weight is 483 g/mol. The Morgan fingerprint density at radius 3 is 2.48 bits per heavy atom. The molecule has 0 spiro atoms. The van der Waals surface area contributed by atoms with E-state index in [0.717, 1.165) is 26.9 Å². The van der Waals surface area contributed by atoms with E-state index in [4.69, 9.17) is 9.40 Å². The van der Waals surface area contributed by atoms with E-state index in [9.17, 15) is 13.2 Å². The van der Waals surface area contributed by atoms with Crippen LogP contribution in [0.25, 0.3) is 10.2 Å². The summed E-state index contributed by atoms with van der Waals surface area (Å²) in [5.41, 5.74) is 3.80. The molecule has 4 aromatic rings. The van der Waals surface area contributed by atoms with Crippen molar-refractivity contribution in [2.24, 2.45) is 0 Å². The molecule has 0 aliphatic carbocycles. The summed E-state index contributed by atoms with van der Waals surface area (Å²) in [6, 6.07) is 16.8. The number of hydrogen-bond acceptors (Lipinski definition) is 6. The Hall–Kier alpha value is -2.97. The fourth-order valence-corrected chi connectivity index (χ4v) is 6.22. The molecule has 1 amide bonds. The van der Waals surface area contributed by atoms with Gasteiger partial charge in [-0.05, 0) is 49.1 Å². The third kappa shape index (κ3) is 5.69. The van der Waals surface area contributed by atoms with Crippen LogP contribution in [0, 0.1) is 13.8 Å². The van der Waals surface area contributed by atoms with Gasteiger partial charge >= 0.3 is 0 Å². The van der Waals surface area contributed by atoms with Crippen LogP contribution < -0.4 is 4.90 Å². The summed E-state index contributed by atoms with van der Waals surface area (Å²) in [7, 11) is -3.30. The van der Waals surface area contributed by atoms with Crippen LogP contribution in [0.1, 0.15) is 35.3 Å². The van der Waals surface area contributed by atoms with Crippen molar-refractivity contribution in [2.75, 3.05) is 10.7 Å². The fourth-order valence-electron chi connectivity index (χ4n) is 3.66. The molecule has 0 unspecified atom stereocenters. The molecule has 33 heavy (non-hydrogen) atoms. The summed E-state index contributed by atoms with van der Waals surface area (Å²) in [5.74, 6) is 0.415. The van der Waals surface area contributed by atoms with Crippen molar-refractivity contribution in [1.29, 1.82) is 0 Å². The third-order valence-corrected chi connectivity index (χ3v) is 8.33. The quantitative estimate of drug-likeness (QED) is 0.318. The van der Waals surface area contributed by atoms with Crippen molar-refractivity contribution in [3.8, 4) is 0 Å². The van der Waals surface area contributed by atoms with Crippen molar-refractivity contribution >= 4 is 42.4 Å². The smallest absolute Gasteiger partial charge is 0.229 e. The van der Waals surface area contributed by atoms with E-state index in [-0.39, 0.29) is 36.8 Å². The number of carbonyl (C=O) groups excluding carboxylic acids is 1. The number of benzene rings is 2. The first-order valence-corrected chi connectivity index (χ1v) is 13.4. The topological polar surface area (TPSA) is 80.5 Å². The average Bonchev–Trinajstić information content (AvgIpc) is 3.45. The summed E-state index contributed by atoms with van der Waals surface area (Å²) < 4.78 is 31.6. The molecular weight excluding hydrogens is 456 g/mol. The van der Waals surface area contributed by atoms with Crippen molar-refractivity contribution in [1.82, 2.24) is 4.98 Å². The summed E-state index contributed by atoms with van der Waals surface area (Å²) in [4.78, 5) is 19.6. The highest BCUT2D eigenvalue weighted by molar-refractivity contribution is 7.90. The van der Waals surface area contributed by atoms with E-state index in [1.807, 2.05) is 44.2 Å². The Kier molecular flexibility index (Phi) is 6.95. The number of thiazole rings is 1. The summed E-state index contributed by atoms with van der Waals surface area (Å²) >= 11 is 1.47. The monoisotopic (exact) mass is 482 g/mol. The minimum absolute atomic E-state index is 0.0193. The maximum atomic E-state index is 13.2. The maximum absolute atomic E-state index is 13.2. The lowest BCUT2D eigenvalue weighted by Crippen LogP contribution is -2.30. The van der Waals surface area contributed by atoms with Crippen molar-refractivity contribution in [2.45, 2.75) is 39.0 Å². The summed E-state index contributed by atoms with van der Waals surface area (Å²) in [6.45, 7) is 4.28. The molecule has 8 heteroatoms. The molecule has 0 saturated carbocycles. The van der Waals surface area contributed by atoms with Gasteiger partial charge in [0, 0.05) is 6.42 Å². The van der Waals surface area contributed by atoms with E-state index in [0.29, 0.717) is 10.9 Å². The van der Waals surface area contributed by atoms with Crippen LogP contribution in [0.2, 0.25) is 0 Å². The molecule has 2 aromatic carbocycles. The molecule has 0 aliphatic rings. The number of furan rings is 1. The van der Waals surface area contributed by atoms with Gasteiger partial charge in [-0.3, -0.25) is 9.69 Å². The zero-order valence-corrected chi connectivity index (χ0v) is 20.3. The van der Waals surface area contributed by atoms with Gasteiger partial charge < -0.3 is 4.42 Å². The molecule has 6 nitrogen and oxygen atoms in total. The van der Waals surface area contributed by atoms with Gasteiger partial charge in [0.05, 0.1) is 34.5 Å². The molecule has 0 aliphatic heterocycles. The predicted molar refractivity (Wildman–Crippen MR) is 132 cm³/mol. The normalized spacial score (nSPS) is 11.7. The Morgan fingerprint density at radius 1 is 1.03 bits per heavy atom. The van der Waals surface area contributed by atoms with Crippen LogP contribution in [0.3, 0.4) is 0 Å². The predicted octanol–water partition coefficient (Wildman–Crippen LogP) is 5.43. The molecule has 2 aromatic heterocycles. The zero-order valence-electron chi connectivity index (χ0n) is 18.7. The lowest BCUT2D eigenvalue weighted by Gasteiger charge is -2.18. The number of fused-ring (bicyclic) bond motifs is 1. The highest BCUT2D eigenvalue weighted by Gasteiger charge is 2.23.